The Morgan fingerprint density at radius 1 is 1.41 bits per heavy atom. The molecule has 1 unspecified atom stereocenters. The number of ketones is 1. The average molecular weight is 241 g/mol. The van der Waals surface area contributed by atoms with Crippen molar-refractivity contribution in [2.75, 3.05) is 0 Å². The Bertz CT molecular complexity index is 391. The Hall–Kier alpha value is -1.29. The van der Waals surface area contributed by atoms with E-state index in [4.69, 9.17) is 5.73 Å². The van der Waals surface area contributed by atoms with E-state index in [1.54, 1.807) is 0 Å². The molecule has 0 radical (unpaired) electrons. The van der Waals surface area contributed by atoms with Gasteiger partial charge in [-0.05, 0) is 31.4 Å². The summed E-state index contributed by atoms with van der Waals surface area (Å²) in [5, 5.41) is 0. The third-order valence-corrected chi connectivity index (χ3v) is 2.53. The Morgan fingerprint density at radius 2 is 2.12 bits per heavy atom. The second-order valence-corrected chi connectivity index (χ2v) is 4.30. The van der Waals surface area contributed by atoms with Gasteiger partial charge in [0.2, 0.25) is 0 Å². The lowest BCUT2D eigenvalue weighted by Crippen LogP contribution is -2.15. The normalized spacial score (nSPS) is 12.5. The molecule has 0 aliphatic heterocycles. The highest BCUT2D eigenvalue weighted by atomic mass is 19.2. The summed E-state index contributed by atoms with van der Waals surface area (Å²) in [6.45, 7) is 1.87. The fourth-order valence-corrected chi connectivity index (χ4v) is 1.61. The van der Waals surface area contributed by atoms with Crippen molar-refractivity contribution in [2.24, 2.45) is 5.73 Å². The van der Waals surface area contributed by atoms with E-state index in [2.05, 4.69) is 0 Å². The molecule has 2 nitrogen and oxygen atoms in total. The van der Waals surface area contributed by atoms with Crippen molar-refractivity contribution in [1.29, 1.82) is 0 Å². The zero-order chi connectivity index (χ0) is 12.8. The first-order valence-electron chi connectivity index (χ1n) is 5.71. The van der Waals surface area contributed by atoms with Crippen LogP contribution in [0, 0.1) is 11.6 Å². The van der Waals surface area contributed by atoms with E-state index in [1.807, 2.05) is 6.92 Å². The smallest absolute Gasteiger partial charge is 0.162 e. The van der Waals surface area contributed by atoms with Crippen LogP contribution in [-0.4, -0.2) is 11.8 Å². The molecule has 0 saturated heterocycles. The van der Waals surface area contributed by atoms with E-state index < -0.39 is 11.6 Å². The van der Waals surface area contributed by atoms with Crippen LogP contribution in [0.1, 0.15) is 31.7 Å². The fraction of sp³-hybridized carbons (Fsp3) is 0.462. The summed E-state index contributed by atoms with van der Waals surface area (Å²) in [4.78, 5) is 11.5. The Balaban J connectivity index is 2.48. The summed E-state index contributed by atoms with van der Waals surface area (Å²) in [6, 6.07) is 3.94. The molecule has 0 aromatic heterocycles. The minimum atomic E-state index is -0.923. The van der Waals surface area contributed by atoms with Gasteiger partial charge in [0.25, 0.3) is 0 Å². The molecule has 0 bridgehead atoms. The van der Waals surface area contributed by atoms with E-state index in [9.17, 15) is 13.6 Å². The first-order valence-corrected chi connectivity index (χ1v) is 5.71. The standard InChI is InChI=1S/C13H17F2NO/c1-9(16)4-2-6-11(17)8-10-5-3-7-12(14)13(10)15/h3,5,7,9H,2,4,6,8,16H2,1H3. The number of carbonyl (C=O) groups excluding carboxylic acids is 1. The number of hydrogen-bond donors (Lipinski definition) is 1. The molecule has 1 aromatic rings. The highest BCUT2D eigenvalue weighted by Crippen LogP contribution is 2.13. The van der Waals surface area contributed by atoms with E-state index in [0.717, 1.165) is 12.5 Å². The van der Waals surface area contributed by atoms with Crippen molar-refractivity contribution < 1.29 is 13.6 Å². The fourth-order valence-electron chi connectivity index (χ4n) is 1.61. The molecule has 0 spiro atoms. The first kappa shape index (κ1) is 13.8. The van der Waals surface area contributed by atoms with Crippen molar-refractivity contribution in [1.82, 2.24) is 0 Å². The summed E-state index contributed by atoms with van der Waals surface area (Å²) < 4.78 is 26.1. The monoisotopic (exact) mass is 241 g/mol. The van der Waals surface area contributed by atoms with Crippen molar-refractivity contribution in [3.8, 4) is 0 Å². The van der Waals surface area contributed by atoms with Gasteiger partial charge in [0.05, 0.1) is 0 Å². The van der Waals surface area contributed by atoms with Crippen LogP contribution in [-0.2, 0) is 11.2 Å². The molecule has 1 rings (SSSR count). The molecule has 0 heterocycles. The third-order valence-electron chi connectivity index (χ3n) is 2.53. The van der Waals surface area contributed by atoms with Crippen molar-refractivity contribution in [2.45, 2.75) is 38.6 Å². The van der Waals surface area contributed by atoms with Crippen LogP contribution in [0.5, 0.6) is 0 Å². The van der Waals surface area contributed by atoms with E-state index in [0.29, 0.717) is 12.8 Å². The molecule has 1 atom stereocenters. The molecular formula is C13H17F2NO. The van der Waals surface area contributed by atoms with Crippen LogP contribution in [0.4, 0.5) is 8.78 Å². The van der Waals surface area contributed by atoms with Gasteiger partial charge < -0.3 is 5.73 Å². The minimum Gasteiger partial charge on any atom is -0.328 e. The lowest BCUT2D eigenvalue weighted by Gasteiger charge is -2.05. The van der Waals surface area contributed by atoms with Gasteiger partial charge in [-0.2, -0.15) is 0 Å². The first-order chi connectivity index (χ1) is 8.00. The predicted molar refractivity (Wildman–Crippen MR) is 62.6 cm³/mol. The van der Waals surface area contributed by atoms with Gasteiger partial charge in [-0.25, -0.2) is 8.78 Å². The quantitative estimate of drug-likeness (QED) is 0.831. The van der Waals surface area contributed by atoms with Gasteiger partial charge in [0.15, 0.2) is 11.6 Å². The molecule has 4 heteroatoms. The SMILES string of the molecule is CC(N)CCCC(=O)Cc1cccc(F)c1F. The zero-order valence-electron chi connectivity index (χ0n) is 9.88. The maximum absolute atomic E-state index is 13.3. The van der Waals surface area contributed by atoms with Crippen LogP contribution < -0.4 is 5.73 Å². The summed E-state index contributed by atoms with van der Waals surface area (Å²) in [5.41, 5.74) is 5.68. The van der Waals surface area contributed by atoms with E-state index in [-0.39, 0.29) is 23.8 Å². The molecular weight excluding hydrogens is 224 g/mol. The van der Waals surface area contributed by atoms with Gasteiger partial charge in [-0.15, -0.1) is 0 Å². The second-order valence-electron chi connectivity index (χ2n) is 4.30. The van der Waals surface area contributed by atoms with Gasteiger partial charge >= 0.3 is 0 Å². The van der Waals surface area contributed by atoms with Crippen LogP contribution in [0.2, 0.25) is 0 Å². The van der Waals surface area contributed by atoms with E-state index >= 15 is 0 Å². The van der Waals surface area contributed by atoms with Crippen LogP contribution >= 0.6 is 0 Å². The number of Topliss-reactive ketones (excluding diaryl/α,β-unsaturated/α-hetero) is 1. The average Bonchev–Trinajstić information content (AvgIpc) is 2.24. The summed E-state index contributed by atoms with van der Waals surface area (Å²) in [6.07, 6.45) is 1.75. The van der Waals surface area contributed by atoms with Crippen molar-refractivity contribution in [3.05, 3.63) is 35.4 Å². The Kier molecular flexibility index (Phi) is 5.22. The lowest BCUT2D eigenvalue weighted by atomic mass is 10.0. The largest absolute Gasteiger partial charge is 0.328 e. The third kappa shape index (κ3) is 4.61. The van der Waals surface area contributed by atoms with Gasteiger partial charge in [-0.3, -0.25) is 4.79 Å². The van der Waals surface area contributed by atoms with Crippen LogP contribution in [0.25, 0.3) is 0 Å². The van der Waals surface area contributed by atoms with Crippen molar-refractivity contribution >= 4 is 5.78 Å². The summed E-state index contributed by atoms with van der Waals surface area (Å²) in [5.74, 6) is -1.92. The Labute approximate surface area is 99.8 Å². The molecule has 17 heavy (non-hydrogen) atoms. The lowest BCUT2D eigenvalue weighted by molar-refractivity contribution is -0.118. The number of halogens is 2. The maximum atomic E-state index is 13.3. The van der Waals surface area contributed by atoms with Crippen LogP contribution in [0.15, 0.2) is 18.2 Å². The zero-order valence-corrected chi connectivity index (χ0v) is 9.88. The molecule has 0 fully saturated rings. The highest BCUT2D eigenvalue weighted by Gasteiger charge is 2.11. The molecule has 2 N–H and O–H groups in total. The summed E-state index contributed by atoms with van der Waals surface area (Å²) >= 11 is 0. The topological polar surface area (TPSA) is 43.1 Å². The van der Waals surface area contributed by atoms with E-state index in [1.165, 1.54) is 12.1 Å². The number of nitrogens with two attached hydrogens (primary N) is 1. The van der Waals surface area contributed by atoms with Crippen LogP contribution in [0.3, 0.4) is 0 Å². The van der Waals surface area contributed by atoms with Gasteiger partial charge in [-0.1, -0.05) is 12.1 Å². The molecule has 0 aliphatic rings. The predicted octanol–water partition coefficient (Wildman–Crippen LogP) is 2.59. The van der Waals surface area contributed by atoms with Gasteiger partial charge in [0.1, 0.15) is 5.78 Å². The highest BCUT2D eigenvalue weighted by molar-refractivity contribution is 5.80. The molecule has 0 amide bonds. The van der Waals surface area contributed by atoms with Gasteiger partial charge in [0, 0.05) is 18.9 Å². The van der Waals surface area contributed by atoms with Crippen molar-refractivity contribution in [3.63, 3.8) is 0 Å². The number of hydrogen-bond acceptors (Lipinski definition) is 2. The molecule has 94 valence electrons. The minimum absolute atomic E-state index is 0.0530. The number of carbonyl (C=O) groups is 1. The maximum Gasteiger partial charge on any atom is 0.162 e. The number of rotatable bonds is 6. The number of benzene rings is 1. The second kappa shape index (κ2) is 6.45. The molecule has 0 aliphatic carbocycles. The summed E-state index contributed by atoms with van der Waals surface area (Å²) in [7, 11) is 0. The molecule has 1 aromatic carbocycles. The Morgan fingerprint density at radius 3 is 2.76 bits per heavy atom. The molecule has 0 saturated carbocycles.